The molecule has 0 aliphatic heterocycles. The van der Waals surface area contributed by atoms with Gasteiger partial charge in [-0.2, -0.15) is 13.2 Å². The first-order valence-electron chi connectivity index (χ1n) is 12.9. The van der Waals surface area contributed by atoms with Gasteiger partial charge in [-0.25, -0.2) is 17.6 Å². The molecule has 3 amide bonds. The number of hydrogen-bond acceptors (Lipinski definition) is 4. The van der Waals surface area contributed by atoms with E-state index in [0.717, 1.165) is 16.2 Å². The molecule has 0 spiro atoms. The molecule has 15 heteroatoms. The fourth-order valence-electron chi connectivity index (χ4n) is 3.84. The van der Waals surface area contributed by atoms with Gasteiger partial charge in [-0.3, -0.25) is 14.4 Å². The molecule has 0 saturated heterocycles. The molecule has 4 aromatic rings. The van der Waals surface area contributed by atoms with E-state index in [1.807, 2.05) is 0 Å². The Labute approximate surface area is 269 Å². The third-order valence-corrected chi connectivity index (χ3v) is 7.51. The highest BCUT2D eigenvalue weighted by molar-refractivity contribution is 9.10. The standard InChI is InChI=1S/C31H19BrF7N3O3S/c32-18-11-9-16(10-12-18)13-21(41-29(44)17-5-2-1-3-6-17)30(45)40-19-7-4-8-20(14-19)46-15-22(43)42-28-26(35)24(33)23(31(37,38)39)25(34)27(28)36/h1-14H,15H2,(H,40,45)(H,41,44)(H,42,43)/b21-13+. The summed E-state index contributed by atoms with van der Waals surface area (Å²) in [5.41, 5.74) is -3.46. The molecule has 6 nitrogen and oxygen atoms in total. The molecule has 0 aromatic heterocycles. The van der Waals surface area contributed by atoms with Crippen LogP contribution >= 0.6 is 27.7 Å². The van der Waals surface area contributed by atoms with Gasteiger partial charge >= 0.3 is 6.18 Å². The van der Waals surface area contributed by atoms with E-state index in [1.54, 1.807) is 59.9 Å². The fourth-order valence-corrected chi connectivity index (χ4v) is 4.86. The minimum atomic E-state index is -5.72. The summed E-state index contributed by atoms with van der Waals surface area (Å²) in [6.45, 7) is 0. The van der Waals surface area contributed by atoms with Crippen molar-refractivity contribution < 1.29 is 45.1 Å². The van der Waals surface area contributed by atoms with E-state index in [2.05, 4.69) is 26.6 Å². The normalized spacial score (nSPS) is 11.6. The molecule has 46 heavy (non-hydrogen) atoms. The third kappa shape index (κ3) is 8.54. The number of halogens is 8. The molecule has 0 aliphatic carbocycles. The summed E-state index contributed by atoms with van der Waals surface area (Å²) in [6.07, 6.45) is -4.27. The summed E-state index contributed by atoms with van der Waals surface area (Å²) in [4.78, 5) is 38.7. The number of thioether (sulfide) groups is 1. The summed E-state index contributed by atoms with van der Waals surface area (Å²) in [7, 11) is 0. The van der Waals surface area contributed by atoms with Crippen LogP contribution in [0.3, 0.4) is 0 Å². The van der Waals surface area contributed by atoms with E-state index >= 15 is 0 Å². The van der Waals surface area contributed by atoms with Gasteiger partial charge in [0.25, 0.3) is 11.8 Å². The third-order valence-electron chi connectivity index (χ3n) is 5.98. The van der Waals surface area contributed by atoms with E-state index in [4.69, 9.17) is 0 Å². The summed E-state index contributed by atoms with van der Waals surface area (Å²) in [5, 5.41) is 6.76. The maximum atomic E-state index is 14.2. The van der Waals surface area contributed by atoms with E-state index in [0.29, 0.717) is 16.0 Å². The summed E-state index contributed by atoms with van der Waals surface area (Å²) in [5.74, 6) is -13.3. The quantitative estimate of drug-likeness (QED) is 0.0704. The highest BCUT2D eigenvalue weighted by Gasteiger charge is 2.42. The van der Waals surface area contributed by atoms with Gasteiger partial charge in [0.2, 0.25) is 5.91 Å². The van der Waals surface area contributed by atoms with Crippen molar-refractivity contribution in [3.05, 3.63) is 129 Å². The summed E-state index contributed by atoms with van der Waals surface area (Å²) < 4.78 is 95.3. The Morgan fingerprint density at radius 3 is 2.02 bits per heavy atom. The van der Waals surface area contributed by atoms with Gasteiger partial charge in [-0.05, 0) is 54.1 Å². The second-order valence-corrected chi connectivity index (χ2v) is 11.2. The van der Waals surface area contributed by atoms with Gasteiger partial charge in [-0.15, -0.1) is 11.8 Å². The van der Waals surface area contributed by atoms with E-state index in [1.165, 1.54) is 30.3 Å². The molecule has 0 heterocycles. The smallest absolute Gasteiger partial charge is 0.321 e. The molecule has 4 rings (SSSR count). The number of anilines is 2. The highest BCUT2D eigenvalue weighted by atomic mass is 79.9. The fraction of sp³-hybridized carbons (Fsp3) is 0.0645. The van der Waals surface area contributed by atoms with Crippen LogP contribution in [0.1, 0.15) is 21.5 Å². The van der Waals surface area contributed by atoms with Crippen molar-refractivity contribution in [2.24, 2.45) is 0 Å². The Morgan fingerprint density at radius 1 is 0.783 bits per heavy atom. The van der Waals surface area contributed by atoms with Crippen LogP contribution in [0.25, 0.3) is 6.08 Å². The maximum absolute atomic E-state index is 14.2. The van der Waals surface area contributed by atoms with Crippen molar-refractivity contribution in [1.82, 2.24) is 5.32 Å². The van der Waals surface area contributed by atoms with E-state index in [9.17, 15) is 45.1 Å². The Hall–Kier alpha value is -4.63. The minimum Gasteiger partial charge on any atom is -0.321 e. The molecule has 238 valence electrons. The molecule has 0 fully saturated rings. The second kappa shape index (κ2) is 14.6. The molecule has 0 unspecified atom stereocenters. The molecule has 0 atom stereocenters. The van der Waals surface area contributed by atoms with Crippen molar-refractivity contribution in [3.63, 3.8) is 0 Å². The Kier molecular flexibility index (Phi) is 10.9. The highest BCUT2D eigenvalue weighted by Crippen LogP contribution is 2.38. The van der Waals surface area contributed by atoms with Gasteiger partial charge < -0.3 is 16.0 Å². The maximum Gasteiger partial charge on any atom is 0.422 e. The van der Waals surface area contributed by atoms with Gasteiger partial charge in [0.15, 0.2) is 23.3 Å². The lowest BCUT2D eigenvalue weighted by molar-refractivity contribution is -0.143. The van der Waals surface area contributed by atoms with Crippen LogP contribution in [0.4, 0.5) is 42.1 Å². The van der Waals surface area contributed by atoms with Crippen LogP contribution in [0.5, 0.6) is 0 Å². The van der Waals surface area contributed by atoms with Crippen LogP contribution in [-0.2, 0) is 15.8 Å². The molecule has 4 aromatic carbocycles. The first-order valence-corrected chi connectivity index (χ1v) is 14.6. The Balaban J connectivity index is 1.47. The van der Waals surface area contributed by atoms with E-state index < -0.39 is 64.2 Å². The number of benzene rings is 4. The van der Waals surface area contributed by atoms with Crippen LogP contribution in [-0.4, -0.2) is 23.5 Å². The molecule has 3 N–H and O–H groups in total. The van der Waals surface area contributed by atoms with Crippen molar-refractivity contribution in [1.29, 1.82) is 0 Å². The number of amides is 3. The number of hydrogen-bond donors (Lipinski definition) is 3. The number of alkyl halides is 3. The van der Waals surface area contributed by atoms with Gasteiger partial charge in [0, 0.05) is 20.6 Å². The molecular formula is C31H19BrF7N3O3S. The number of carbonyl (C=O) groups excluding carboxylic acids is 3. The molecule has 0 saturated carbocycles. The zero-order chi connectivity index (χ0) is 33.6. The van der Waals surface area contributed by atoms with E-state index in [-0.39, 0.29) is 11.4 Å². The average molecular weight is 726 g/mol. The van der Waals surface area contributed by atoms with Gasteiger partial charge in [0.05, 0.1) is 5.75 Å². The van der Waals surface area contributed by atoms with Crippen LogP contribution in [0.15, 0.2) is 93.9 Å². The SMILES string of the molecule is O=C(CSc1cccc(NC(=O)/C(=C\c2ccc(Br)cc2)NC(=O)c2ccccc2)c1)Nc1c(F)c(F)c(C(F)(F)F)c(F)c1F. The summed E-state index contributed by atoms with van der Waals surface area (Å²) >= 11 is 4.10. The zero-order valence-electron chi connectivity index (χ0n) is 22.9. The van der Waals surface area contributed by atoms with Gasteiger partial charge in [-0.1, -0.05) is 52.3 Å². The zero-order valence-corrected chi connectivity index (χ0v) is 25.3. The molecule has 0 bridgehead atoms. The second-order valence-electron chi connectivity index (χ2n) is 9.25. The van der Waals surface area contributed by atoms with Crippen molar-refractivity contribution in [2.75, 3.05) is 16.4 Å². The lowest BCUT2D eigenvalue weighted by Crippen LogP contribution is -2.30. The predicted octanol–water partition coefficient (Wildman–Crippen LogP) is 8.16. The first-order chi connectivity index (χ1) is 21.7. The first kappa shape index (κ1) is 34.2. The molecule has 0 aliphatic rings. The molecule has 0 radical (unpaired) electrons. The number of carbonyl (C=O) groups is 3. The van der Waals surface area contributed by atoms with Crippen molar-refractivity contribution in [2.45, 2.75) is 11.1 Å². The predicted molar refractivity (Wildman–Crippen MR) is 162 cm³/mol. The van der Waals surface area contributed by atoms with Crippen molar-refractivity contribution in [3.8, 4) is 0 Å². The lowest BCUT2D eigenvalue weighted by Gasteiger charge is -2.14. The van der Waals surface area contributed by atoms with Crippen LogP contribution in [0.2, 0.25) is 0 Å². The van der Waals surface area contributed by atoms with Crippen LogP contribution in [0, 0.1) is 23.3 Å². The van der Waals surface area contributed by atoms with Crippen LogP contribution < -0.4 is 16.0 Å². The largest absolute Gasteiger partial charge is 0.422 e. The topological polar surface area (TPSA) is 87.3 Å². The Morgan fingerprint density at radius 2 is 1.41 bits per heavy atom. The minimum absolute atomic E-state index is 0.103. The summed E-state index contributed by atoms with van der Waals surface area (Å²) in [6, 6.07) is 21.0. The molecular weight excluding hydrogens is 707 g/mol. The van der Waals surface area contributed by atoms with Gasteiger partial charge in [0.1, 0.15) is 16.9 Å². The average Bonchev–Trinajstić information content (AvgIpc) is 3.02. The monoisotopic (exact) mass is 725 g/mol. The number of rotatable bonds is 9. The lowest BCUT2D eigenvalue weighted by atomic mass is 10.1. The number of nitrogens with one attached hydrogen (secondary N) is 3. The van der Waals surface area contributed by atoms with Crippen molar-refractivity contribution >= 4 is 62.9 Å². The Bertz CT molecular complexity index is 1790.